The molecule has 2 aliphatic rings. The number of ether oxygens (including phenoxy) is 4. The molecular formula is C33H35Cl2N5O4. The van der Waals surface area contributed by atoms with Gasteiger partial charge in [0, 0.05) is 54.7 Å². The molecule has 230 valence electrons. The van der Waals surface area contributed by atoms with E-state index < -0.39 is 0 Å². The topological polar surface area (TPSA) is 101 Å². The minimum atomic E-state index is 0.301. The summed E-state index contributed by atoms with van der Waals surface area (Å²) < 4.78 is 22.2. The number of nitrogens with zero attached hydrogens (tertiary/aromatic N) is 4. The molecule has 0 spiro atoms. The van der Waals surface area contributed by atoms with Gasteiger partial charge in [-0.2, -0.15) is 0 Å². The molecule has 0 bridgehead atoms. The first-order chi connectivity index (χ1) is 21.6. The molecule has 4 aromatic rings. The molecule has 0 unspecified atom stereocenters. The maximum Gasteiger partial charge on any atom is 0.237 e. The van der Waals surface area contributed by atoms with Gasteiger partial charge in [0.25, 0.3) is 0 Å². The van der Waals surface area contributed by atoms with Gasteiger partial charge in [-0.25, -0.2) is 9.97 Å². The van der Waals surface area contributed by atoms with Crippen molar-refractivity contribution in [3.63, 3.8) is 0 Å². The molecule has 2 aromatic heterocycles. The third-order valence-electron chi connectivity index (χ3n) is 8.15. The summed E-state index contributed by atoms with van der Waals surface area (Å²) >= 11 is 14.1. The van der Waals surface area contributed by atoms with Crippen LogP contribution in [0.5, 0.6) is 11.8 Å². The SMILES string of the molecule is COc1nc(-c2cccc(-c3cccc(-c4cnc(CN[C@H]5CCOC5)c(OC)n4)c3Cl)c2Cl)cnc1CC[C@H]1CCOC1. The average molecular weight is 637 g/mol. The normalized spacial score (nSPS) is 18.1. The van der Waals surface area contributed by atoms with Crippen LogP contribution in [0.1, 0.15) is 30.7 Å². The maximum absolute atomic E-state index is 7.04. The monoisotopic (exact) mass is 635 g/mol. The summed E-state index contributed by atoms with van der Waals surface area (Å²) in [6, 6.07) is 11.9. The number of halogens is 2. The molecule has 0 radical (unpaired) electrons. The lowest BCUT2D eigenvalue weighted by Gasteiger charge is -2.15. The lowest BCUT2D eigenvalue weighted by molar-refractivity contribution is 0.184. The zero-order chi connectivity index (χ0) is 30.5. The van der Waals surface area contributed by atoms with Crippen LogP contribution >= 0.6 is 23.2 Å². The molecule has 2 fully saturated rings. The second-order valence-corrected chi connectivity index (χ2v) is 11.7. The highest BCUT2D eigenvalue weighted by molar-refractivity contribution is 6.39. The highest BCUT2D eigenvalue weighted by Crippen LogP contribution is 2.42. The van der Waals surface area contributed by atoms with Crippen molar-refractivity contribution >= 4 is 23.2 Å². The Hall–Kier alpha value is -3.34. The van der Waals surface area contributed by atoms with Gasteiger partial charge in [-0.15, -0.1) is 0 Å². The first kappa shape index (κ1) is 30.7. The molecule has 0 amide bonds. The van der Waals surface area contributed by atoms with Crippen molar-refractivity contribution in [1.82, 2.24) is 25.3 Å². The second-order valence-electron chi connectivity index (χ2n) is 11.0. The number of aryl methyl sites for hydroxylation is 1. The number of hydrogen-bond acceptors (Lipinski definition) is 9. The lowest BCUT2D eigenvalue weighted by atomic mass is 9.98. The van der Waals surface area contributed by atoms with E-state index in [-0.39, 0.29) is 0 Å². The molecule has 2 aliphatic heterocycles. The molecule has 0 saturated carbocycles. The van der Waals surface area contributed by atoms with Gasteiger partial charge in [0.15, 0.2) is 0 Å². The Morgan fingerprint density at radius 1 is 0.773 bits per heavy atom. The van der Waals surface area contributed by atoms with Gasteiger partial charge in [-0.1, -0.05) is 59.6 Å². The highest BCUT2D eigenvalue weighted by Gasteiger charge is 2.21. The average Bonchev–Trinajstić information content (AvgIpc) is 3.78. The minimum Gasteiger partial charge on any atom is -0.480 e. The third-order valence-corrected chi connectivity index (χ3v) is 8.96. The largest absolute Gasteiger partial charge is 0.480 e. The number of hydrogen-bond donors (Lipinski definition) is 1. The van der Waals surface area contributed by atoms with Crippen molar-refractivity contribution in [2.75, 3.05) is 40.6 Å². The molecule has 2 saturated heterocycles. The standard InChI is InChI=1S/C33H35Cl2N5O4/c1-41-32-26(10-9-20-11-13-43-18-20)37-15-27(39-32)24-7-3-5-22(30(24)34)23-6-4-8-25(31(23)35)28-16-38-29(33(40-28)42-2)17-36-21-12-14-44-19-21/h3-8,15-16,20-21,36H,9-14,17-19H2,1-2H3/t20-,21-/m0/s1. The Labute approximate surface area is 267 Å². The molecule has 2 aromatic carbocycles. The predicted molar refractivity (Wildman–Crippen MR) is 170 cm³/mol. The van der Waals surface area contributed by atoms with Crippen molar-refractivity contribution in [2.24, 2.45) is 5.92 Å². The first-order valence-electron chi connectivity index (χ1n) is 14.8. The van der Waals surface area contributed by atoms with Crippen LogP contribution in [-0.4, -0.2) is 66.6 Å². The predicted octanol–water partition coefficient (Wildman–Crippen LogP) is 6.44. The van der Waals surface area contributed by atoms with E-state index >= 15 is 0 Å². The van der Waals surface area contributed by atoms with Crippen molar-refractivity contribution in [2.45, 2.75) is 38.3 Å². The van der Waals surface area contributed by atoms with Crippen molar-refractivity contribution in [3.8, 4) is 45.4 Å². The maximum atomic E-state index is 7.04. The van der Waals surface area contributed by atoms with Crippen molar-refractivity contribution < 1.29 is 18.9 Å². The van der Waals surface area contributed by atoms with E-state index in [0.29, 0.717) is 58.3 Å². The zero-order valence-electron chi connectivity index (χ0n) is 24.8. The van der Waals surface area contributed by atoms with E-state index in [0.717, 1.165) is 79.1 Å². The number of benzene rings is 2. The third kappa shape index (κ3) is 6.67. The molecule has 2 atom stereocenters. The summed E-state index contributed by atoms with van der Waals surface area (Å²) in [5.74, 6) is 1.50. The van der Waals surface area contributed by atoms with Crippen LogP contribution < -0.4 is 14.8 Å². The van der Waals surface area contributed by atoms with Crippen LogP contribution in [0, 0.1) is 5.92 Å². The smallest absolute Gasteiger partial charge is 0.237 e. The van der Waals surface area contributed by atoms with E-state index in [1.54, 1.807) is 26.6 Å². The summed E-state index contributed by atoms with van der Waals surface area (Å²) in [5.41, 5.74) is 5.76. The number of rotatable bonds is 11. The van der Waals surface area contributed by atoms with Crippen LogP contribution in [0.15, 0.2) is 48.8 Å². The van der Waals surface area contributed by atoms with Gasteiger partial charge in [-0.05, 0) is 31.6 Å². The summed E-state index contributed by atoms with van der Waals surface area (Å²) in [5, 5.41) is 4.48. The van der Waals surface area contributed by atoms with E-state index in [1.165, 1.54) is 0 Å². The zero-order valence-corrected chi connectivity index (χ0v) is 26.3. The minimum absolute atomic E-state index is 0.301. The number of aromatic nitrogens is 4. The van der Waals surface area contributed by atoms with Gasteiger partial charge in [0.05, 0.1) is 54.7 Å². The Bertz CT molecular complexity index is 1490. The van der Waals surface area contributed by atoms with Crippen molar-refractivity contribution in [1.29, 1.82) is 0 Å². The Balaban J connectivity index is 1.27. The Morgan fingerprint density at radius 3 is 1.91 bits per heavy atom. The molecule has 4 heterocycles. The lowest BCUT2D eigenvalue weighted by Crippen LogP contribution is -2.29. The van der Waals surface area contributed by atoms with Crippen LogP contribution in [0.3, 0.4) is 0 Å². The van der Waals surface area contributed by atoms with Gasteiger partial charge in [0.2, 0.25) is 11.8 Å². The van der Waals surface area contributed by atoms with Crippen LogP contribution in [0.2, 0.25) is 10.0 Å². The molecule has 1 N–H and O–H groups in total. The summed E-state index contributed by atoms with van der Waals surface area (Å²) in [7, 11) is 3.21. The Kier molecular flexibility index (Phi) is 9.88. The fourth-order valence-electron chi connectivity index (χ4n) is 5.64. The van der Waals surface area contributed by atoms with Crippen LogP contribution in [0.25, 0.3) is 33.6 Å². The van der Waals surface area contributed by atoms with Gasteiger partial charge in [-0.3, -0.25) is 9.97 Å². The van der Waals surface area contributed by atoms with E-state index in [4.69, 9.17) is 57.1 Å². The molecular weight excluding hydrogens is 601 g/mol. The second kappa shape index (κ2) is 14.2. The molecule has 0 aliphatic carbocycles. The first-order valence-corrected chi connectivity index (χ1v) is 15.6. The van der Waals surface area contributed by atoms with E-state index in [9.17, 15) is 0 Å². The quantitative estimate of drug-likeness (QED) is 0.199. The number of nitrogens with one attached hydrogen (secondary N) is 1. The van der Waals surface area contributed by atoms with Gasteiger partial charge < -0.3 is 24.3 Å². The van der Waals surface area contributed by atoms with Crippen LogP contribution in [-0.2, 0) is 22.4 Å². The molecule has 44 heavy (non-hydrogen) atoms. The summed E-state index contributed by atoms with van der Waals surface area (Å²) in [6.45, 7) is 3.63. The fourth-order valence-corrected chi connectivity index (χ4v) is 6.29. The van der Waals surface area contributed by atoms with Crippen LogP contribution in [0.4, 0.5) is 0 Å². The fraction of sp³-hybridized carbons (Fsp3) is 0.394. The van der Waals surface area contributed by atoms with E-state index in [1.807, 2.05) is 36.4 Å². The van der Waals surface area contributed by atoms with Gasteiger partial charge in [0.1, 0.15) is 11.4 Å². The molecule has 11 heteroatoms. The summed E-state index contributed by atoms with van der Waals surface area (Å²) in [6.07, 6.45) is 7.30. The Morgan fingerprint density at radius 2 is 1.34 bits per heavy atom. The molecule has 9 nitrogen and oxygen atoms in total. The van der Waals surface area contributed by atoms with Gasteiger partial charge >= 0.3 is 0 Å². The summed E-state index contributed by atoms with van der Waals surface area (Å²) in [4.78, 5) is 18.9. The van der Waals surface area contributed by atoms with E-state index in [2.05, 4.69) is 10.3 Å². The highest BCUT2D eigenvalue weighted by atomic mass is 35.5. The number of methoxy groups -OCH3 is 2. The van der Waals surface area contributed by atoms with Crippen molar-refractivity contribution in [3.05, 3.63) is 70.2 Å². The molecule has 6 rings (SSSR count).